The summed E-state index contributed by atoms with van der Waals surface area (Å²) in [4.78, 5) is 1.92. The van der Waals surface area contributed by atoms with Crippen molar-refractivity contribution < 1.29 is 39.2 Å². The summed E-state index contributed by atoms with van der Waals surface area (Å²) in [7, 11) is -2.24. The van der Waals surface area contributed by atoms with E-state index in [1.54, 1.807) is 4.57 Å². The summed E-state index contributed by atoms with van der Waals surface area (Å²) in [5.41, 5.74) is -2.48. The number of benzene rings is 2. The van der Waals surface area contributed by atoms with E-state index in [2.05, 4.69) is 0 Å². The first-order valence-corrected chi connectivity index (χ1v) is 13.0. The zero-order valence-electron chi connectivity index (χ0n) is 19.4. The zero-order chi connectivity index (χ0) is 26.9. The smallest absolute Gasteiger partial charge is 0.341 e. The fraction of sp³-hybridized carbons (Fsp3) is 0.417. The van der Waals surface area contributed by atoms with Gasteiger partial charge in [0.25, 0.3) is 6.43 Å². The van der Waals surface area contributed by atoms with E-state index in [1.807, 2.05) is 16.7 Å². The molecule has 200 valence electrons. The third-order valence-corrected chi connectivity index (χ3v) is 8.74. The number of likely N-dealkylation sites (N-methyl/N-ethyl adjacent to an activating group) is 1. The van der Waals surface area contributed by atoms with Gasteiger partial charge in [-0.3, -0.25) is 0 Å². The average molecular weight is 550 g/mol. The number of nitrogens with one attached hydrogen (secondary N) is 1. The third kappa shape index (κ3) is 4.84. The van der Waals surface area contributed by atoms with Crippen molar-refractivity contribution >= 4 is 20.9 Å². The second-order valence-electron chi connectivity index (χ2n) is 9.58. The number of aromatic nitrogens is 1. The molecule has 37 heavy (non-hydrogen) atoms. The number of likely N-dealkylation sites (tertiary alicyclic amines) is 1. The van der Waals surface area contributed by atoms with Crippen LogP contribution in [0.3, 0.4) is 0 Å². The van der Waals surface area contributed by atoms with Gasteiger partial charge in [-0.1, -0.05) is 6.07 Å². The molecular formula is C24H22F7N3O2S. The van der Waals surface area contributed by atoms with Crippen LogP contribution in [-0.2, 0) is 16.2 Å². The van der Waals surface area contributed by atoms with Gasteiger partial charge in [0.2, 0.25) is 10.0 Å². The maximum atomic E-state index is 15.4. The molecule has 2 aliphatic rings. The molecule has 0 bridgehead atoms. The minimum atomic E-state index is -4.98. The highest BCUT2D eigenvalue weighted by Gasteiger charge is 2.41. The minimum absolute atomic E-state index is 0.0460. The summed E-state index contributed by atoms with van der Waals surface area (Å²) in [6.45, 7) is 0.987. The van der Waals surface area contributed by atoms with Crippen LogP contribution in [0.4, 0.5) is 30.7 Å². The van der Waals surface area contributed by atoms with Gasteiger partial charge in [-0.05, 0) is 49.7 Å². The fourth-order valence-corrected chi connectivity index (χ4v) is 6.31. The molecule has 0 amide bonds. The summed E-state index contributed by atoms with van der Waals surface area (Å²) in [6, 6.07) is 1.58. The van der Waals surface area contributed by atoms with Gasteiger partial charge in [-0.15, -0.1) is 0 Å². The van der Waals surface area contributed by atoms with Crippen molar-refractivity contribution in [3.63, 3.8) is 0 Å². The summed E-state index contributed by atoms with van der Waals surface area (Å²) in [5, 5.41) is -0.819. The Hall–Kier alpha value is -2.64. The lowest BCUT2D eigenvalue weighted by Gasteiger charge is -2.37. The normalized spacial score (nSPS) is 18.5. The van der Waals surface area contributed by atoms with Crippen molar-refractivity contribution in [2.75, 3.05) is 20.1 Å². The summed E-state index contributed by atoms with van der Waals surface area (Å²) >= 11 is 0. The monoisotopic (exact) mass is 549 g/mol. The Bertz CT molecular complexity index is 1460. The van der Waals surface area contributed by atoms with Crippen LogP contribution in [0.2, 0.25) is 0 Å². The predicted molar refractivity (Wildman–Crippen MR) is 123 cm³/mol. The molecule has 2 heterocycles. The van der Waals surface area contributed by atoms with E-state index in [0.29, 0.717) is 25.9 Å². The molecular weight excluding hydrogens is 527 g/mol. The molecule has 1 aromatic heterocycles. The van der Waals surface area contributed by atoms with Gasteiger partial charge in [0.05, 0.1) is 16.9 Å². The van der Waals surface area contributed by atoms with Crippen molar-refractivity contribution in [1.29, 1.82) is 0 Å². The van der Waals surface area contributed by atoms with Crippen molar-refractivity contribution in [1.82, 2.24) is 14.2 Å². The van der Waals surface area contributed by atoms with Crippen LogP contribution in [0.25, 0.3) is 22.0 Å². The largest absolute Gasteiger partial charge is 0.417 e. The predicted octanol–water partition coefficient (Wildman–Crippen LogP) is 5.48. The van der Waals surface area contributed by atoms with Gasteiger partial charge in [0, 0.05) is 41.3 Å². The standard InChI is InChI=1S/C24H22F7N3O2S/c1-33-9-13(10-33)34-11-18(22(23(27)28)32-37(35,36)14-3-4-14)17-7-20(26)16(8-21(17)34)15-5-2-12(25)6-19(15)24(29,30)31/h2,5-8,11,13-14,22-23,32H,3-4,9-10H2,1H3. The Kier molecular flexibility index (Phi) is 6.31. The van der Waals surface area contributed by atoms with Gasteiger partial charge in [-0.25, -0.2) is 30.7 Å². The Labute approximate surface area is 207 Å². The molecule has 0 radical (unpaired) electrons. The molecule has 2 fully saturated rings. The number of halogens is 7. The molecule has 1 N–H and O–H groups in total. The SMILES string of the molecule is CN1CC(n2cc(C(NS(=O)(=O)C3CC3)C(F)F)c3cc(F)c(-c4ccc(F)cc4C(F)(F)F)cc32)C1. The van der Waals surface area contributed by atoms with Crippen molar-refractivity contribution in [3.05, 3.63) is 59.3 Å². The molecule has 0 spiro atoms. The van der Waals surface area contributed by atoms with E-state index >= 15 is 4.39 Å². The Balaban J connectivity index is 1.70. The van der Waals surface area contributed by atoms with Crippen LogP contribution in [0.15, 0.2) is 36.5 Å². The van der Waals surface area contributed by atoms with Crippen LogP contribution in [0, 0.1) is 11.6 Å². The highest BCUT2D eigenvalue weighted by atomic mass is 32.2. The summed E-state index contributed by atoms with van der Waals surface area (Å²) < 4.78 is 127. The van der Waals surface area contributed by atoms with Gasteiger partial charge < -0.3 is 9.47 Å². The number of hydrogen-bond donors (Lipinski definition) is 1. The summed E-state index contributed by atoms with van der Waals surface area (Å²) in [5.74, 6) is -2.30. The quantitative estimate of drug-likeness (QED) is 0.398. The molecule has 2 aromatic carbocycles. The van der Waals surface area contributed by atoms with E-state index in [1.165, 1.54) is 6.20 Å². The molecule has 1 unspecified atom stereocenters. The molecule has 1 atom stereocenters. The van der Waals surface area contributed by atoms with Crippen molar-refractivity contribution in [2.45, 2.75) is 42.8 Å². The van der Waals surface area contributed by atoms with Crippen LogP contribution in [0.1, 0.15) is 36.1 Å². The molecule has 1 aliphatic heterocycles. The molecule has 1 aliphatic carbocycles. The molecule has 3 aromatic rings. The summed E-state index contributed by atoms with van der Waals surface area (Å²) in [6.07, 6.45) is -6.15. The van der Waals surface area contributed by atoms with Gasteiger partial charge in [-0.2, -0.15) is 13.2 Å². The Morgan fingerprint density at radius 3 is 2.27 bits per heavy atom. The highest BCUT2D eigenvalue weighted by molar-refractivity contribution is 7.90. The van der Waals surface area contributed by atoms with E-state index in [0.717, 1.165) is 24.3 Å². The lowest BCUT2D eigenvalue weighted by Crippen LogP contribution is -2.44. The third-order valence-electron chi connectivity index (χ3n) is 6.81. The fourth-order valence-electron chi connectivity index (χ4n) is 4.78. The lowest BCUT2D eigenvalue weighted by molar-refractivity contribution is -0.137. The van der Waals surface area contributed by atoms with E-state index < -0.39 is 62.2 Å². The van der Waals surface area contributed by atoms with Crippen molar-refractivity contribution in [3.8, 4) is 11.1 Å². The molecule has 13 heteroatoms. The van der Waals surface area contributed by atoms with Gasteiger partial charge in [0.15, 0.2) is 0 Å². The van der Waals surface area contributed by atoms with Gasteiger partial charge in [0.1, 0.15) is 17.7 Å². The maximum absolute atomic E-state index is 15.4. The number of sulfonamides is 1. The van der Waals surface area contributed by atoms with E-state index in [-0.39, 0.29) is 28.6 Å². The number of nitrogens with zero attached hydrogens (tertiary/aromatic N) is 2. The average Bonchev–Trinajstić information content (AvgIpc) is 3.58. The minimum Gasteiger partial charge on any atom is -0.341 e. The topological polar surface area (TPSA) is 54.3 Å². The first-order valence-electron chi connectivity index (χ1n) is 11.4. The second-order valence-corrected chi connectivity index (χ2v) is 11.6. The molecule has 1 saturated heterocycles. The number of hydrogen-bond acceptors (Lipinski definition) is 3. The van der Waals surface area contributed by atoms with Crippen molar-refractivity contribution in [2.24, 2.45) is 0 Å². The zero-order valence-corrected chi connectivity index (χ0v) is 20.2. The first kappa shape index (κ1) is 26.0. The first-order chi connectivity index (χ1) is 17.3. The number of fused-ring (bicyclic) bond motifs is 1. The second kappa shape index (κ2) is 8.98. The number of rotatable bonds is 7. The maximum Gasteiger partial charge on any atom is 0.417 e. The number of alkyl halides is 5. The highest BCUT2D eigenvalue weighted by Crippen LogP contribution is 2.42. The lowest BCUT2D eigenvalue weighted by atomic mass is 9.96. The molecule has 1 saturated carbocycles. The van der Waals surface area contributed by atoms with E-state index in [9.17, 15) is 34.8 Å². The van der Waals surface area contributed by atoms with Crippen LogP contribution >= 0.6 is 0 Å². The van der Waals surface area contributed by atoms with Crippen LogP contribution in [0.5, 0.6) is 0 Å². The Morgan fingerprint density at radius 2 is 1.70 bits per heavy atom. The van der Waals surface area contributed by atoms with Crippen LogP contribution < -0.4 is 4.72 Å². The Morgan fingerprint density at radius 1 is 1.03 bits per heavy atom. The van der Waals surface area contributed by atoms with E-state index in [4.69, 9.17) is 0 Å². The van der Waals surface area contributed by atoms with Crippen LogP contribution in [-0.4, -0.2) is 49.7 Å². The van der Waals surface area contributed by atoms with Gasteiger partial charge >= 0.3 is 6.18 Å². The molecule has 5 nitrogen and oxygen atoms in total. The molecule has 5 rings (SSSR count).